The van der Waals surface area contributed by atoms with Crippen LogP contribution in [-0.4, -0.2) is 5.11 Å². The van der Waals surface area contributed by atoms with Gasteiger partial charge in [-0.25, -0.2) is 0 Å². The molecule has 1 heterocycles. The van der Waals surface area contributed by atoms with E-state index in [0.717, 1.165) is 18.4 Å². The van der Waals surface area contributed by atoms with E-state index in [1.54, 1.807) is 0 Å². The lowest BCUT2D eigenvalue weighted by molar-refractivity contribution is 0.282. The van der Waals surface area contributed by atoms with Gasteiger partial charge in [-0.2, -0.15) is 0 Å². The first kappa shape index (κ1) is 11.0. The van der Waals surface area contributed by atoms with Gasteiger partial charge in [-0.3, -0.25) is 0 Å². The molecule has 0 bridgehead atoms. The highest BCUT2D eigenvalue weighted by Crippen LogP contribution is 2.60. The minimum atomic E-state index is 0.0188. The van der Waals surface area contributed by atoms with Crippen LogP contribution in [0, 0.1) is 0 Å². The van der Waals surface area contributed by atoms with E-state index in [1.807, 2.05) is 29.6 Å². The normalized spacial score (nSPS) is 20.6. The molecule has 2 aliphatic rings. The molecule has 84 valence electrons. The maximum absolute atomic E-state index is 9.27. The second kappa shape index (κ2) is 3.98. The molecule has 4 heteroatoms. The van der Waals surface area contributed by atoms with Crippen LogP contribution in [0.1, 0.15) is 23.1 Å². The van der Waals surface area contributed by atoms with Gasteiger partial charge in [0, 0.05) is 5.02 Å². The van der Waals surface area contributed by atoms with Gasteiger partial charge < -0.3 is 5.11 Å². The fourth-order valence-corrected chi connectivity index (χ4v) is 5.08. The number of thioether (sulfide) groups is 2. The zero-order valence-electron chi connectivity index (χ0n) is 8.57. The van der Waals surface area contributed by atoms with Crippen LogP contribution in [0.25, 0.3) is 0 Å². The lowest BCUT2D eigenvalue weighted by atomic mass is 10.1. The predicted octanol–water partition coefficient (Wildman–Crippen LogP) is 3.88. The molecule has 1 nitrogen and oxygen atoms in total. The number of hydrogen-bond donors (Lipinski definition) is 1. The summed E-state index contributed by atoms with van der Waals surface area (Å²) in [6.45, 7) is 0.0188. The SMILES string of the molecule is OCc1cc2c(cc1Cl)CCC21SC=CS1. The van der Waals surface area contributed by atoms with E-state index in [1.165, 1.54) is 11.1 Å². The van der Waals surface area contributed by atoms with E-state index in [0.29, 0.717) is 5.02 Å². The summed E-state index contributed by atoms with van der Waals surface area (Å²) < 4.78 is 0.157. The predicted molar refractivity (Wildman–Crippen MR) is 71.7 cm³/mol. The molecule has 0 fully saturated rings. The van der Waals surface area contributed by atoms with Crippen LogP contribution < -0.4 is 0 Å². The first-order valence-electron chi connectivity index (χ1n) is 5.18. The second-order valence-corrected chi connectivity index (χ2v) is 7.09. The van der Waals surface area contributed by atoms with Crippen LogP contribution >= 0.6 is 35.1 Å². The summed E-state index contributed by atoms with van der Waals surface area (Å²) in [5.41, 5.74) is 3.53. The Morgan fingerprint density at radius 2 is 2.06 bits per heavy atom. The number of hydrogen-bond acceptors (Lipinski definition) is 3. The van der Waals surface area contributed by atoms with Gasteiger partial charge in [0.2, 0.25) is 0 Å². The molecule has 0 unspecified atom stereocenters. The summed E-state index contributed by atoms with van der Waals surface area (Å²) in [5, 5.41) is 14.3. The van der Waals surface area contributed by atoms with Gasteiger partial charge in [-0.1, -0.05) is 11.6 Å². The first-order chi connectivity index (χ1) is 7.75. The molecule has 1 spiro atoms. The molecule has 1 aliphatic carbocycles. The highest BCUT2D eigenvalue weighted by molar-refractivity contribution is 8.22. The summed E-state index contributed by atoms with van der Waals surface area (Å²) >= 11 is 9.87. The van der Waals surface area contributed by atoms with Gasteiger partial charge in [0.1, 0.15) is 0 Å². The molecule has 3 rings (SSSR count). The van der Waals surface area contributed by atoms with Crippen LogP contribution in [0.2, 0.25) is 5.02 Å². The number of benzene rings is 1. The fraction of sp³-hybridized carbons (Fsp3) is 0.333. The maximum Gasteiger partial charge on any atom is 0.0947 e. The van der Waals surface area contributed by atoms with Gasteiger partial charge in [-0.15, -0.1) is 23.5 Å². The van der Waals surface area contributed by atoms with Crippen LogP contribution in [0.3, 0.4) is 0 Å². The van der Waals surface area contributed by atoms with Crippen molar-refractivity contribution < 1.29 is 5.11 Å². The van der Waals surface area contributed by atoms with Crippen molar-refractivity contribution in [1.82, 2.24) is 0 Å². The third kappa shape index (κ3) is 1.53. The number of fused-ring (bicyclic) bond motifs is 2. The molecule has 0 saturated carbocycles. The largest absolute Gasteiger partial charge is 0.392 e. The van der Waals surface area contributed by atoms with E-state index < -0.39 is 0 Å². The Morgan fingerprint density at radius 3 is 2.75 bits per heavy atom. The van der Waals surface area contributed by atoms with E-state index in [-0.39, 0.29) is 10.7 Å². The van der Waals surface area contributed by atoms with Gasteiger partial charge in [0.05, 0.1) is 10.7 Å². The molecular weight excluding hydrogens is 260 g/mol. The van der Waals surface area contributed by atoms with Gasteiger partial charge in [0.25, 0.3) is 0 Å². The highest BCUT2D eigenvalue weighted by atomic mass is 35.5. The van der Waals surface area contributed by atoms with E-state index in [9.17, 15) is 5.11 Å². The van der Waals surface area contributed by atoms with Gasteiger partial charge in [-0.05, 0) is 52.5 Å². The average molecular weight is 271 g/mol. The van der Waals surface area contributed by atoms with Gasteiger partial charge >= 0.3 is 0 Å². The Morgan fingerprint density at radius 1 is 1.31 bits per heavy atom. The van der Waals surface area contributed by atoms with Crippen molar-refractivity contribution in [3.05, 3.63) is 44.7 Å². The Kier molecular flexibility index (Phi) is 2.75. The van der Waals surface area contributed by atoms with E-state index in [4.69, 9.17) is 11.6 Å². The first-order valence-corrected chi connectivity index (χ1v) is 7.32. The quantitative estimate of drug-likeness (QED) is 0.836. The molecule has 1 N–H and O–H groups in total. The number of aryl methyl sites for hydroxylation is 1. The number of rotatable bonds is 1. The van der Waals surface area contributed by atoms with Crippen LogP contribution in [0.15, 0.2) is 22.9 Å². The molecule has 1 aromatic carbocycles. The molecule has 0 amide bonds. The van der Waals surface area contributed by atoms with Crippen molar-refractivity contribution in [2.45, 2.75) is 23.5 Å². The van der Waals surface area contributed by atoms with Crippen LogP contribution in [0.4, 0.5) is 0 Å². The van der Waals surface area contributed by atoms with Crippen molar-refractivity contribution in [1.29, 1.82) is 0 Å². The van der Waals surface area contributed by atoms with Crippen molar-refractivity contribution >= 4 is 35.1 Å². The smallest absolute Gasteiger partial charge is 0.0947 e. The molecule has 0 radical (unpaired) electrons. The minimum Gasteiger partial charge on any atom is -0.392 e. The molecule has 0 aromatic heterocycles. The van der Waals surface area contributed by atoms with Crippen molar-refractivity contribution in [3.63, 3.8) is 0 Å². The molecule has 1 aromatic rings. The zero-order chi connectivity index (χ0) is 11.2. The number of halogens is 1. The zero-order valence-corrected chi connectivity index (χ0v) is 11.0. The molecular formula is C12H11ClOS2. The summed E-state index contributed by atoms with van der Waals surface area (Å²) in [4.78, 5) is 0. The van der Waals surface area contributed by atoms with Gasteiger partial charge in [0.15, 0.2) is 0 Å². The monoisotopic (exact) mass is 270 g/mol. The average Bonchev–Trinajstić information content (AvgIpc) is 2.88. The summed E-state index contributed by atoms with van der Waals surface area (Å²) in [6, 6.07) is 4.11. The van der Waals surface area contributed by atoms with Crippen molar-refractivity contribution in [2.75, 3.05) is 0 Å². The summed E-state index contributed by atoms with van der Waals surface area (Å²) in [7, 11) is 0. The van der Waals surface area contributed by atoms with Crippen molar-refractivity contribution in [3.8, 4) is 0 Å². The standard InChI is InChI=1S/C12H11ClOS2/c13-11-6-8-1-2-12(15-3-4-16-12)10(8)5-9(11)7-14/h3-6,14H,1-2,7H2. The summed E-state index contributed by atoms with van der Waals surface area (Å²) in [6.07, 6.45) is 2.23. The lowest BCUT2D eigenvalue weighted by Crippen LogP contribution is -2.09. The Hall–Kier alpha value is -0.0900. The minimum absolute atomic E-state index is 0.0188. The fourth-order valence-electron chi connectivity index (χ4n) is 2.32. The topological polar surface area (TPSA) is 20.2 Å². The second-order valence-electron chi connectivity index (χ2n) is 4.02. The van der Waals surface area contributed by atoms with Crippen molar-refractivity contribution in [2.24, 2.45) is 0 Å². The molecule has 16 heavy (non-hydrogen) atoms. The van der Waals surface area contributed by atoms with E-state index >= 15 is 0 Å². The molecule has 0 atom stereocenters. The number of aliphatic hydroxyl groups excluding tert-OH is 1. The third-order valence-electron chi connectivity index (χ3n) is 3.15. The third-order valence-corrected chi connectivity index (χ3v) is 6.40. The number of aliphatic hydroxyl groups is 1. The Bertz CT molecular complexity index is 462. The van der Waals surface area contributed by atoms with Crippen LogP contribution in [0.5, 0.6) is 0 Å². The van der Waals surface area contributed by atoms with E-state index in [2.05, 4.69) is 16.9 Å². The summed E-state index contributed by atoms with van der Waals surface area (Å²) in [5.74, 6) is 0. The lowest BCUT2D eigenvalue weighted by Gasteiger charge is -2.22. The molecule has 1 aliphatic heterocycles. The molecule has 0 saturated heterocycles. The van der Waals surface area contributed by atoms with Crippen LogP contribution in [-0.2, 0) is 17.1 Å². The maximum atomic E-state index is 9.27. The highest BCUT2D eigenvalue weighted by Gasteiger charge is 2.41. The Labute approximate surface area is 108 Å². The Balaban J connectivity index is 2.11.